The van der Waals surface area contributed by atoms with E-state index in [1.165, 1.54) is 18.2 Å². The Morgan fingerprint density at radius 1 is 0.947 bits per heavy atom. The van der Waals surface area contributed by atoms with Crippen LogP contribution in [0.3, 0.4) is 0 Å². The Labute approximate surface area is 112 Å². The molecule has 100 valence electrons. The SMILES string of the molecule is CC(C)NCc1ccccc1-c1c(F)cccc1F. The molecular weight excluding hydrogens is 244 g/mol. The van der Waals surface area contributed by atoms with Crippen molar-refractivity contribution >= 4 is 0 Å². The van der Waals surface area contributed by atoms with Crippen molar-refractivity contribution in [3.8, 4) is 11.1 Å². The molecule has 1 N–H and O–H groups in total. The first-order chi connectivity index (χ1) is 9.09. The fourth-order valence-electron chi connectivity index (χ4n) is 1.99. The number of nitrogens with one attached hydrogen (secondary N) is 1. The van der Waals surface area contributed by atoms with E-state index >= 15 is 0 Å². The van der Waals surface area contributed by atoms with Crippen molar-refractivity contribution < 1.29 is 8.78 Å². The molecule has 0 atom stereocenters. The zero-order valence-corrected chi connectivity index (χ0v) is 11.1. The first-order valence-corrected chi connectivity index (χ1v) is 6.35. The van der Waals surface area contributed by atoms with E-state index in [0.717, 1.165) is 5.56 Å². The van der Waals surface area contributed by atoms with E-state index in [1.807, 2.05) is 26.0 Å². The van der Waals surface area contributed by atoms with Crippen LogP contribution in [0, 0.1) is 11.6 Å². The van der Waals surface area contributed by atoms with Gasteiger partial charge in [-0.15, -0.1) is 0 Å². The first-order valence-electron chi connectivity index (χ1n) is 6.35. The number of halogens is 2. The van der Waals surface area contributed by atoms with E-state index in [0.29, 0.717) is 18.2 Å². The van der Waals surface area contributed by atoms with Gasteiger partial charge in [-0.25, -0.2) is 8.78 Å². The summed E-state index contributed by atoms with van der Waals surface area (Å²) in [7, 11) is 0. The molecule has 3 heteroatoms. The van der Waals surface area contributed by atoms with Crippen LogP contribution in [0.15, 0.2) is 42.5 Å². The monoisotopic (exact) mass is 261 g/mol. The molecule has 0 amide bonds. The molecule has 0 fully saturated rings. The van der Waals surface area contributed by atoms with Crippen LogP contribution in [0.2, 0.25) is 0 Å². The molecule has 19 heavy (non-hydrogen) atoms. The summed E-state index contributed by atoms with van der Waals surface area (Å²) in [5.41, 5.74) is 1.54. The molecule has 0 radical (unpaired) electrons. The van der Waals surface area contributed by atoms with Gasteiger partial charge in [-0.1, -0.05) is 44.2 Å². The van der Waals surface area contributed by atoms with Gasteiger partial charge in [0.25, 0.3) is 0 Å². The maximum absolute atomic E-state index is 13.9. The lowest BCUT2D eigenvalue weighted by molar-refractivity contribution is 0.582. The molecule has 0 spiro atoms. The average molecular weight is 261 g/mol. The van der Waals surface area contributed by atoms with Gasteiger partial charge in [-0.05, 0) is 23.3 Å². The largest absolute Gasteiger partial charge is 0.310 e. The Morgan fingerprint density at radius 2 is 1.58 bits per heavy atom. The minimum Gasteiger partial charge on any atom is -0.310 e. The van der Waals surface area contributed by atoms with Crippen LogP contribution >= 0.6 is 0 Å². The summed E-state index contributed by atoms with van der Waals surface area (Å²) in [6.07, 6.45) is 0. The summed E-state index contributed by atoms with van der Waals surface area (Å²) in [5.74, 6) is -1.06. The zero-order chi connectivity index (χ0) is 13.8. The van der Waals surface area contributed by atoms with Crippen LogP contribution < -0.4 is 5.32 Å². The van der Waals surface area contributed by atoms with Crippen molar-refractivity contribution in [1.82, 2.24) is 5.32 Å². The molecule has 0 saturated heterocycles. The Kier molecular flexibility index (Phi) is 4.27. The highest BCUT2D eigenvalue weighted by Crippen LogP contribution is 2.28. The highest BCUT2D eigenvalue weighted by atomic mass is 19.1. The lowest BCUT2D eigenvalue weighted by atomic mass is 9.98. The maximum Gasteiger partial charge on any atom is 0.133 e. The van der Waals surface area contributed by atoms with Gasteiger partial charge in [-0.2, -0.15) is 0 Å². The van der Waals surface area contributed by atoms with Crippen molar-refractivity contribution in [3.63, 3.8) is 0 Å². The van der Waals surface area contributed by atoms with Crippen LogP contribution in [0.5, 0.6) is 0 Å². The van der Waals surface area contributed by atoms with Gasteiger partial charge in [0, 0.05) is 12.6 Å². The molecule has 2 aromatic carbocycles. The molecule has 2 rings (SSSR count). The predicted molar refractivity (Wildman–Crippen MR) is 73.8 cm³/mol. The molecule has 0 bridgehead atoms. The van der Waals surface area contributed by atoms with Crippen LogP contribution in [-0.2, 0) is 6.54 Å². The summed E-state index contributed by atoms with van der Waals surface area (Å²) in [6, 6.07) is 11.6. The zero-order valence-electron chi connectivity index (χ0n) is 11.1. The highest BCUT2D eigenvalue weighted by molar-refractivity contribution is 5.68. The van der Waals surface area contributed by atoms with Crippen molar-refractivity contribution in [2.75, 3.05) is 0 Å². The summed E-state index contributed by atoms with van der Waals surface area (Å²) in [5, 5.41) is 3.27. The van der Waals surface area contributed by atoms with Crippen molar-refractivity contribution in [2.45, 2.75) is 26.4 Å². The molecule has 0 heterocycles. The van der Waals surface area contributed by atoms with E-state index in [2.05, 4.69) is 5.32 Å². The molecule has 0 aliphatic rings. The molecule has 2 aromatic rings. The van der Waals surface area contributed by atoms with Crippen molar-refractivity contribution in [2.24, 2.45) is 0 Å². The maximum atomic E-state index is 13.9. The lowest BCUT2D eigenvalue weighted by Gasteiger charge is -2.13. The third kappa shape index (κ3) is 3.18. The van der Waals surface area contributed by atoms with E-state index < -0.39 is 11.6 Å². The molecule has 1 nitrogen and oxygen atoms in total. The predicted octanol–water partition coefficient (Wildman–Crippen LogP) is 4.13. The summed E-state index contributed by atoms with van der Waals surface area (Å²) in [4.78, 5) is 0. The first kappa shape index (κ1) is 13.7. The fourth-order valence-corrected chi connectivity index (χ4v) is 1.99. The third-order valence-corrected chi connectivity index (χ3v) is 2.95. The number of benzene rings is 2. The van der Waals surface area contributed by atoms with Gasteiger partial charge in [0.15, 0.2) is 0 Å². The van der Waals surface area contributed by atoms with Crippen molar-refractivity contribution in [3.05, 3.63) is 59.7 Å². The summed E-state index contributed by atoms with van der Waals surface area (Å²) >= 11 is 0. The van der Waals surface area contributed by atoms with Gasteiger partial charge >= 0.3 is 0 Å². The Bertz CT molecular complexity index is 544. The average Bonchev–Trinajstić information content (AvgIpc) is 2.37. The van der Waals surface area contributed by atoms with Crippen LogP contribution in [-0.4, -0.2) is 6.04 Å². The van der Waals surface area contributed by atoms with Crippen LogP contribution in [0.4, 0.5) is 8.78 Å². The van der Waals surface area contributed by atoms with Crippen LogP contribution in [0.1, 0.15) is 19.4 Å². The van der Waals surface area contributed by atoms with Gasteiger partial charge < -0.3 is 5.32 Å². The molecular formula is C16H17F2N. The topological polar surface area (TPSA) is 12.0 Å². The Hall–Kier alpha value is -1.74. The van der Waals surface area contributed by atoms with Crippen molar-refractivity contribution in [1.29, 1.82) is 0 Å². The lowest BCUT2D eigenvalue weighted by Crippen LogP contribution is -2.22. The Morgan fingerprint density at radius 3 is 2.21 bits per heavy atom. The van der Waals surface area contributed by atoms with E-state index in [1.54, 1.807) is 12.1 Å². The number of hydrogen-bond donors (Lipinski definition) is 1. The molecule has 0 unspecified atom stereocenters. The van der Waals surface area contributed by atoms with Gasteiger partial charge in [-0.3, -0.25) is 0 Å². The van der Waals surface area contributed by atoms with Gasteiger partial charge in [0.05, 0.1) is 5.56 Å². The van der Waals surface area contributed by atoms with E-state index in [9.17, 15) is 8.78 Å². The Balaban J connectivity index is 2.44. The molecule has 0 aliphatic carbocycles. The van der Waals surface area contributed by atoms with Crippen LogP contribution in [0.25, 0.3) is 11.1 Å². The fraction of sp³-hybridized carbons (Fsp3) is 0.250. The standard InChI is InChI=1S/C16H17F2N/c1-11(2)19-10-12-6-3-4-7-13(12)16-14(17)8-5-9-15(16)18/h3-9,11,19H,10H2,1-2H3. The van der Waals surface area contributed by atoms with E-state index in [4.69, 9.17) is 0 Å². The second-order valence-corrected chi connectivity index (χ2v) is 4.79. The summed E-state index contributed by atoms with van der Waals surface area (Å²) in [6.45, 7) is 4.65. The highest BCUT2D eigenvalue weighted by Gasteiger charge is 2.14. The smallest absolute Gasteiger partial charge is 0.133 e. The molecule has 0 aromatic heterocycles. The normalized spacial score (nSPS) is 11.0. The summed E-state index contributed by atoms with van der Waals surface area (Å²) < 4.78 is 27.7. The minimum absolute atomic E-state index is 0.0451. The minimum atomic E-state index is -0.531. The van der Waals surface area contributed by atoms with Gasteiger partial charge in [0.2, 0.25) is 0 Å². The number of rotatable bonds is 4. The second-order valence-electron chi connectivity index (χ2n) is 4.79. The third-order valence-electron chi connectivity index (χ3n) is 2.95. The van der Waals surface area contributed by atoms with Gasteiger partial charge in [0.1, 0.15) is 11.6 Å². The quantitative estimate of drug-likeness (QED) is 0.872. The number of hydrogen-bond acceptors (Lipinski definition) is 1. The second kappa shape index (κ2) is 5.93. The van der Waals surface area contributed by atoms with E-state index in [-0.39, 0.29) is 5.56 Å². The molecule has 0 saturated carbocycles. The molecule has 0 aliphatic heterocycles.